The Kier molecular flexibility index (Phi) is 8.56. The molecule has 0 radical (unpaired) electrons. The molecule has 0 aliphatic carbocycles. The summed E-state index contributed by atoms with van der Waals surface area (Å²) in [5.74, 6) is -0.934. The van der Waals surface area contributed by atoms with Crippen molar-refractivity contribution in [2.24, 2.45) is 4.99 Å². The monoisotopic (exact) mass is 610 g/mol. The van der Waals surface area contributed by atoms with Crippen LogP contribution >= 0.6 is 22.9 Å². The number of hydrogen-bond donors (Lipinski definition) is 0. The van der Waals surface area contributed by atoms with Gasteiger partial charge in [0.1, 0.15) is 18.2 Å². The first-order valence-electron chi connectivity index (χ1n) is 12.9. The first kappa shape index (κ1) is 29.2. The van der Waals surface area contributed by atoms with E-state index >= 15 is 0 Å². The van der Waals surface area contributed by atoms with E-state index in [4.69, 9.17) is 25.8 Å². The van der Waals surface area contributed by atoms with Gasteiger partial charge in [-0.2, -0.15) is 0 Å². The van der Waals surface area contributed by atoms with E-state index in [9.17, 15) is 18.4 Å². The number of halogens is 3. The first-order valence-corrected chi connectivity index (χ1v) is 14.1. The van der Waals surface area contributed by atoms with E-state index in [-0.39, 0.29) is 29.6 Å². The highest BCUT2D eigenvalue weighted by Crippen LogP contribution is 2.37. The maximum atomic E-state index is 14.1. The maximum absolute atomic E-state index is 14.1. The Morgan fingerprint density at radius 2 is 1.88 bits per heavy atom. The number of methoxy groups -OCH3 is 1. The third-order valence-electron chi connectivity index (χ3n) is 6.58. The van der Waals surface area contributed by atoms with E-state index in [2.05, 4.69) is 4.99 Å². The average Bonchev–Trinajstić information content (AvgIpc) is 3.26. The highest BCUT2D eigenvalue weighted by molar-refractivity contribution is 7.07. The topological polar surface area (TPSA) is 79.1 Å². The van der Waals surface area contributed by atoms with Crippen LogP contribution in [-0.2, 0) is 16.1 Å². The number of hydrogen-bond acceptors (Lipinski definition) is 7. The molecule has 7 nitrogen and oxygen atoms in total. The zero-order valence-electron chi connectivity index (χ0n) is 22.8. The third-order valence-corrected chi connectivity index (χ3v) is 7.85. The standard InChI is InChI=1S/C31H25ClF2N2O5S/c1-4-40-30(38)26-17(2)35-31-36(27(26)19-9-11-21(33)12-10-19)29(37)25(42-31)15-18-13-22(32)28(24(14-18)39-3)41-16-20-7-5-6-8-23(20)34/h5-15,27H,4,16H2,1-3H3/b25-15-/t27-/m0/s1. The van der Waals surface area contributed by atoms with Crippen LogP contribution in [0.1, 0.15) is 36.6 Å². The summed E-state index contributed by atoms with van der Waals surface area (Å²) in [6.45, 7) is 3.43. The molecule has 5 rings (SSSR count). The van der Waals surface area contributed by atoms with Crippen molar-refractivity contribution < 1.29 is 27.8 Å². The predicted octanol–water partition coefficient (Wildman–Crippen LogP) is 5.32. The van der Waals surface area contributed by atoms with Crippen molar-refractivity contribution in [1.82, 2.24) is 4.57 Å². The van der Waals surface area contributed by atoms with Crippen LogP contribution in [0.5, 0.6) is 11.5 Å². The molecular weight excluding hydrogens is 586 g/mol. The molecule has 1 aromatic heterocycles. The van der Waals surface area contributed by atoms with Crippen LogP contribution in [0.25, 0.3) is 6.08 Å². The molecule has 0 spiro atoms. The molecule has 1 aliphatic heterocycles. The van der Waals surface area contributed by atoms with Crippen LogP contribution in [0.3, 0.4) is 0 Å². The number of thiazole rings is 1. The van der Waals surface area contributed by atoms with E-state index in [1.165, 1.54) is 42.0 Å². The largest absolute Gasteiger partial charge is 0.493 e. The molecule has 0 saturated carbocycles. The van der Waals surface area contributed by atoms with Crippen molar-refractivity contribution in [3.63, 3.8) is 0 Å². The number of ether oxygens (including phenoxy) is 3. The molecule has 0 N–H and O–H groups in total. The highest BCUT2D eigenvalue weighted by atomic mass is 35.5. The van der Waals surface area contributed by atoms with Gasteiger partial charge in [-0.15, -0.1) is 0 Å². The minimum Gasteiger partial charge on any atom is -0.493 e. The first-order chi connectivity index (χ1) is 20.2. The molecule has 216 valence electrons. The number of aromatic nitrogens is 1. The molecule has 3 aromatic carbocycles. The predicted molar refractivity (Wildman–Crippen MR) is 156 cm³/mol. The van der Waals surface area contributed by atoms with Gasteiger partial charge in [0.25, 0.3) is 5.56 Å². The van der Waals surface area contributed by atoms with E-state index in [1.807, 2.05) is 0 Å². The summed E-state index contributed by atoms with van der Waals surface area (Å²) in [7, 11) is 1.45. The Balaban J connectivity index is 1.58. The van der Waals surface area contributed by atoms with Crippen LogP contribution in [0.15, 0.2) is 81.7 Å². The summed E-state index contributed by atoms with van der Waals surface area (Å²) in [6.07, 6.45) is 1.63. The molecule has 0 fully saturated rings. The van der Waals surface area contributed by atoms with E-state index in [0.717, 1.165) is 11.3 Å². The Bertz CT molecular complexity index is 1880. The Hall–Kier alpha value is -4.28. The minimum atomic E-state index is -0.865. The fourth-order valence-electron chi connectivity index (χ4n) is 4.63. The minimum absolute atomic E-state index is 0.0633. The summed E-state index contributed by atoms with van der Waals surface area (Å²) in [5.41, 5.74) is 1.62. The van der Waals surface area contributed by atoms with Gasteiger partial charge in [-0.1, -0.05) is 53.3 Å². The normalized spacial score (nSPS) is 14.8. The molecule has 1 aliphatic rings. The third kappa shape index (κ3) is 5.73. The van der Waals surface area contributed by atoms with Gasteiger partial charge in [0.2, 0.25) is 0 Å². The number of benzene rings is 3. The van der Waals surface area contributed by atoms with Gasteiger partial charge in [0.15, 0.2) is 16.3 Å². The lowest BCUT2D eigenvalue weighted by molar-refractivity contribution is -0.139. The number of allylic oxidation sites excluding steroid dienone is 1. The lowest BCUT2D eigenvalue weighted by Gasteiger charge is -2.24. The number of carbonyl (C=O) groups excluding carboxylic acids is 1. The summed E-state index contributed by atoms with van der Waals surface area (Å²) in [4.78, 5) is 31.7. The summed E-state index contributed by atoms with van der Waals surface area (Å²) in [5, 5.41) is 0.203. The van der Waals surface area contributed by atoms with Crippen LogP contribution in [0.4, 0.5) is 8.78 Å². The van der Waals surface area contributed by atoms with Crippen molar-refractivity contribution in [2.45, 2.75) is 26.5 Å². The quantitative estimate of drug-likeness (QED) is 0.253. The molecular formula is C31H25ClF2N2O5S. The van der Waals surface area contributed by atoms with Crippen molar-refractivity contribution in [2.75, 3.05) is 13.7 Å². The smallest absolute Gasteiger partial charge is 0.338 e. The number of carbonyl (C=O) groups is 1. The van der Waals surface area contributed by atoms with Crippen molar-refractivity contribution in [3.8, 4) is 11.5 Å². The van der Waals surface area contributed by atoms with Gasteiger partial charge in [0, 0.05) is 5.56 Å². The molecule has 42 heavy (non-hydrogen) atoms. The lowest BCUT2D eigenvalue weighted by atomic mass is 9.96. The van der Waals surface area contributed by atoms with Crippen molar-refractivity contribution in [3.05, 3.63) is 125 Å². The summed E-state index contributed by atoms with van der Waals surface area (Å²) < 4.78 is 46.1. The Morgan fingerprint density at radius 3 is 2.57 bits per heavy atom. The summed E-state index contributed by atoms with van der Waals surface area (Å²) in [6, 6.07) is 14.2. The number of rotatable bonds is 8. The Morgan fingerprint density at radius 1 is 1.14 bits per heavy atom. The van der Waals surface area contributed by atoms with E-state index in [0.29, 0.717) is 37.5 Å². The number of nitrogens with zero attached hydrogens (tertiary/aromatic N) is 2. The molecule has 1 atom stereocenters. The second kappa shape index (κ2) is 12.3. The lowest BCUT2D eigenvalue weighted by Crippen LogP contribution is -2.39. The van der Waals surface area contributed by atoms with Gasteiger partial charge in [0.05, 0.1) is 40.6 Å². The molecule has 0 saturated heterocycles. The Labute approximate surface area is 248 Å². The van der Waals surface area contributed by atoms with Gasteiger partial charge in [-0.25, -0.2) is 18.6 Å². The zero-order chi connectivity index (χ0) is 30.0. The molecule has 0 unspecified atom stereocenters. The van der Waals surface area contributed by atoms with Crippen LogP contribution in [-0.4, -0.2) is 24.3 Å². The second-order valence-electron chi connectivity index (χ2n) is 9.27. The molecule has 2 heterocycles. The summed E-state index contributed by atoms with van der Waals surface area (Å²) >= 11 is 7.67. The maximum Gasteiger partial charge on any atom is 0.338 e. The number of fused-ring (bicyclic) bond motifs is 1. The van der Waals surface area contributed by atoms with Crippen LogP contribution in [0.2, 0.25) is 5.02 Å². The fourth-order valence-corrected chi connectivity index (χ4v) is 5.95. The van der Waals surface area contributed by atoms with Gasteiger partial charge < -0.3 is 14.2 Å². The van der Waals surface area contributed by atoms with Crippen molar-refractivity contribution in [1.29, 1.82) is 0 Å². The number of esters is 1. The van der Waals surface area contributed by atoms with E-state index in [1.54, 1.807) is 50.3 Å². The average molecular weight is 611 g/mol. The van der Waals surface area contributed by atoms with Gasteiger partial charge >= 0.3 is 5.97 Å². The molecule has 4 aromatic rings. The fraction of sp³-hybridized carbons (Fsp3) is 0.194. The van der Waals surface area contributed by atoms with Crippen molar-refractivity contribution >= 4 is 35.0 Å². The van der Waals surface area contributed by atoms with Gasteiger partial charge in [-0.3, -0.25) is 9.36 Å². The molecule has 11 heteroatoms. The second-order valence-corrected chi connectivity index (χ2v) is 10.7. The SMILES string of the molecule is CCOC(=O)C1=C(C)N=c2s/c(=C\c3cc(Cl)c(OCc4ccccc4F)c(OC)c3)c(=O)n2[C@H]1c1ccc(F)cc1. The van der Waals surface area contributed by atoms with Gasteiger partial charge in [-0.05, 0) is 61.4 Å². The molecule has 0 amide bonds. The zero-order valence-corrected chi connectivity index (χ0v) is 24.4. The molecule has 0 bridgehead atoms. The van der Waals surface area contributed by atoms with Crippen LogP contribution in [0, 0.1) is 11.6 Å². The van der Waals surface area contributed by atoms with Crippen LogP contribution < -0.4 is 24.4 Å². The van der Waals surface area contributed by atoms with E-state index < -0.39 is 29.2 Å². The highest BCUT2D eigenvalue weighted by Gasteiger charge is 2.33.